The van der Waals surface area contributed by atoms with Gasteiger partial charge in [-0.1, -0.05) is 26.2 Å². The number of nitrogens with two attached hydrogens (primary N) is 1. The third kappa shape index (κ3) is 2.69. The molecule has 0 aromatic heterocycles. The topological polar surface area (TPSA) is 64.3 Å². The number of hydrogen-bond acceptors (Lipinski definition) is 3. The summed E-state index contributed by atoms with van der Waals surface area (Å²) in [6.45, 7) is 5.93. The summed E-state index contributed by atoms with van der Waals surface area (Å²) in [5.41, 5.74) is 5.42. The molecule has 1 aliphatic heterocycles. The van der Waals surface area contributed by atoms with Crippen LogP contribution in [0.2, 0.25) is 0 Å². The molecule has 1 saturated carbocycles. The summed E-state index contributed by atoms with van der Waals surface area (Å²) in [5, 5.41) is 3.10. The standard InChI is InChI=1S/C14H26N2O2/c1-10-5-3-4-6-11(10)7-16-13(17)14(2)9-18-8-12(14)15/h10-12H,3-9,15H2,1-2H3,(H,16,17). The zero-order chi connectivity index (χ0) is 13.2. The van der Waals surface area contributed by atoms with Gasteiger partial charge in [0.25, 0.3) is 0 Å². The normalized spacial score (nSPS) is 40.7. The van der Waals surface area contributed by atoms with E-state index < -0.39 is 5.41 Å². The third-order valence-electron chi connectivity index (χ3n) is 4.85. The molecule has 1 saturated heterocycles. The molecule has 1 heterocycles. The Hall–Kier alpha value is -0.610. The Kier molecular flexibility index (Phi) is 4.28. The predicted molar refractivity (Wildman–Crippen MR) is 71.0 cm³/mol. The molecule has 3 N–H and O–H groups in total. The molecule has 4 unspecified atom stereocenters. The fraction of sp³-hybridized carbons (Fsp3) is 0.929. The zero-order valence-corrected chi connectivity index (χ0v) is 11.6. The van der Waals surface area contributed by atoms with Gasteiger partial charge in [0, 0.05) is 12.6 Å². The summed E-state index contributed by atoms with van der Waals surface area (Å²) >= 11 is 0. The second kappa shape index (κ2) is 5.57. The van der Waals surface area contributed by atoms with Gasteiger partial charge in [0.2, 0.25) is 5.91 Å². The monoisotopic (exact) mass is 254 g/mol. The third-order valence-corrected chi connectivity index (χ3v) is 4.85. The first-order valence-electron chi connectivity index (χ1n) is 7.15. The van der Waals surface area contributed by atoms with Crippen LogP contribution in [0.3, 0.4) is 0 Å². The summed E-state index contributed by atoms with van der Waals surface area (Å²) in [6.07, 6.45) is 5.16. The second-order valence-electron chi connectivity index (χ2n) is 6.27. The van der Waals surface area contributed by atoms with Crippen molar-refractivity contribution in [2.24, 2.45) is 23.0 Å². The Morgan fingerprint density at radius 3 is 2.78 bits per heavy atom. The fourth-order valence-corrected chi connectivity index (χ4v) is 3.04. The van der Waals surface area contributed by atoms with Crippen LogP contribution in [0.25, 0.3) is 0 Å². The highest BCUT2D eigenvalue weighted by molar-refractivity contribution is 5.83. The first-order valence-corrected chi connectivity index (χ1v) is 7.15. The van der Waals surface area contributed by atoms with Crippen LogP contribution in [0.4, 0.5) is 0 Å². The van der Waals surface area contributed by atoms with Crippen molar-refractivity contribution in [3.05, 3.63) is 0 Å². The number of ether oxygens (including phenoxy) is 1. The van der Waals surface area contributed by atoms with Crippen LogP contribution >= 0.6 is 0 Å². The van der Waals surface area contributed by atoms with Crippen LogP contribution in [0.1, 0.15) is 39.5 Å². The lowest BCUT2D eigenvalue weighted by Gasteiger charge is -2.31. The number of carbonyl (C=O) groups excluding carboxylic acids is 1. The van der Waals surface area contributed by atoms with Crippen molar-refractivity contribution in [2.75, 3.05) is 19.8 Å². The summed E-state index contributed by atoms with van der Waals surface area (Å²) < 4.78 is 5.32. The fourth-order valence-electron chi connectivity index (χ4n) is 3.04. The summed E-state index contributed by atoms with van der Waals surface area (Å²) in [6, 6.07) is -0.179. The Morgan fingerprint density at radius 2 is 2.17 bits per heavy atom. The number of nitrogens with one attached hydrogen (secondary N) is 1. The van der Waals surface area contributed by atoms with Crippen LogP contribution in [-0.2, 0) is 9.53 Å². The van der Waals surface area contributed by atoms with Crippen molar-refractivity contribution < 1.29 is 9.53 Å². The van der Waals surface area contributed by atoms with Gasteiger partial charge in [-0.15, -0.1) is 0 Å². The Bertz CT molecular complexity index is 308. The van der Waals surface area contributed by atoms with Gasteiger partial charge >= 0.3 is 0 Å². The summed E-state index contributed by atoms with van der Waals surface area (Å²) in [7, 11) is 0. The Morgan fingerprint density at radius 1 is 1.44 bits per heavy atom. The zero-order valence-electron chi connectivity index (χ0n) is 11.6. The van der Waals surface area contributed by atoms with Crippen molar-refractivity contribution in [1.29, 1.82) is 0 Å². The molecule has 0 aromatic rings. The molecule has 0 radical (unpaired) electrons. The van der Waals surface area contributed by atoms with Crippen molar-refractivity contribution in [2.45, 2.75) is 45.6 Å². The summed E-state index contributed by atoms with van der Waals surface area (Å²) in [4.78, 5) is 12.3. The highest BCUT2D eigenvalue weighted by Crippen LogP contribution is 2.30. The van der Waals surface area contributed by atoms with Gasteiger partial charge in [0.15, 0.2) is 0 Å². The number of carbonyl (C=O) groups is 1. The minimum absolute atomic E-state index is 0.0604. The highest BCUT2D eigenvalue weighted by Gasteiger charge is 2.44. The van der Waals surface area contributed by atoms with E-state index in [0.29, 0.717) is 19.1 Å². The number of rotatable bonds is 3. The largest absolute Gasteiger partial charge is 0.379 e. The van der Waals surface area contributed by atoms with Crippen LogP contribution in [0, 0.1) is 17.3 Å². The van der Waals surface area contributed by atoms with E-state index >= 15 is 0 Å². The van der Waals surface area contributed by atoms with E-state index in [4.69, 9.17) is 10.5 Å². The molecular formula is C14H26N2O2. The SMILES string of the molecule is CC1CCCCC1CNC(=O)C1(C)COCC1N. The van der Waals surface area contributed by atoms with Gasteiger partial charge in [-0.3, -0.25) is 4.79 Å². The lowest BCUT2D eigenvalue weighted by molar-refractivity contribution is -0.131. The van der Waals surface area contributed by atoms with Crippen LogP contribution < -0.4 is 11.1 Å². The van der Waals surface area contributed by atoms with Crippen molar-refractivity contribution in [1.82, 2.24) is 5.32 Å². The number of hydrogen-bond donors (Lipinski definition) is 2. The molecule has 2 fully saturated rings. The van der Waals surface area contributed by atoms with Gasteiger partial charge < -0.3 is 15.8 Å². The lowest BCUT2D eigenvalue weighted by Crippen LogP contribution is -2.51. The van der Waals surface area contributed by atoms with Gasteiger partial charge in [-0.05, 0) is 25.2 Å². The van der Waals surface area contributed by atoms with Gasteiger partial charge in [-0.2, -0.15) is 0 Å². The van der Waals surface area contributed by atoms with E-state index in [1.807, 2.05) is 6.92 Å². The summed E-state index contributed by atoms with van der Waals surface area (Å²) in [5.74, 6) is 1.41. The van der Waals surface area contributed by atoms with Gasteiger partial charge in [0.05, 0.1) is 18.6 Å². The molecule has 4 heteroatoms. The molecule has 0 bridgehead atoms. The van der Waals surface area contributed by atoms with E-state index in [1.165, 1.54) is 25.7 Å². The maximum Gasteiger partial charge on any atom is 0.229 e. The van der Waals surface area contributed by atoms with Crippen LogP contribution in [0.15, 0.2) is 0 Å². The van der Waals surface area contributed by atoms with E-state index in [1.54, 1.807) is 0 Å². The van der Waals surface area contributed by atoms with E-state index in [-0.39, 0.29) is 11.9 Å². The minimum Gasteiger partial charge on any atom is -0.379 e. The lowest BCUT2D eigenvalue weighted by atomic mass is 9.80. The minimum atomic E-state index is -0.544. The van der Waals surface area contributed by atoms with Crippen molar-refractivity contribution in [3.63, 3.8) is 0 Å². The first kappa shape index (κ1) is 13.8. The maximum absolute atomic E-state index is 12.3. The number of amides is 1. The van der Waals surface area contributed by atoms with Gasteiger partial charge in [0.1, 0.15) is 0 Å². The van der Waals surface area contributed by atoms with Gasteiger partial charge in [-0.25, -0.2) is 0 Å². The molecule has 1 aliphatic carbocycles. The highest BCUT2D eigenvalue weighted by atomic mass is 16.5. The quantitative estimate of drug-likeness (QED) is 0.797. The Labute approximate surface area is 110 Å². The van der Waals surface area contributed by atoms with Crippen LogP contribution in [-0.4, -0.2) is 31.7 Å². The molecule has 1 amide bonds. The molecule has 2 aliphatic rings. The van der Waals surface area contributed by atoms with E-state index in [0.717, 1.165) is 12.5 Å². The maximum atomic E-state index is 12.3. The molecule has 2 rings (SSSR count). The molecule has 4 atom stereocenters. The van der Waals surface area contributed by atoms with E-state index in [2.05, 4.69) is 12.2 Å². The molecular weight excluding hydrogens is 228 g/mol. The molecule has 4 nitrogen and oxygen atoms in total. The van der Waals surface area contributed by atoms with Crippen molar-refractivity contribution >= 4 is 5.91 Å². The predicted octanol–water partition coefficient (Wildman–Crippen LogP) is 1.29. The second-order valence-corrected chi connectivity index (χ2v) is 6.27. The van der Waals surface area contributed by atoms with Crippen molar-refractivity contribution in [3.8, 4) is 0 Å². The average Bonchev–Trinajstić information content (AvgIpc) is 2.69. The smallest absolute Gasteiger partial charge is 0.229 e. The molecule has 0 spiro atoms. The van der Waals surface area contributed by atoms with Crippen LogP contribution in [0.5, 0.6) is 0 Å². The molecule has 0 aromatic carbocycles. The Balaban J connectivity index is 1.84. The molecule has 18 heavy (non-hydrogen) atoms. The van der Waals surface area contributed by atoms with E-state index in [9.17, 15) is 4.79 Å². The first-order chi connectivity index (χ1) is 8.54. The average molecular weight is 254 g/mol. The molecule has 104 valence electrons.